The molecule has 0 radical (unpaired) electrons. The number of hydrogen-bond donors (Lipinski definition) is 1. The van der Waals surface area contributed by atoms with E-state index < -0.39 is 0 Å². The molecule has 1 amide bonds. The monoisotopic (exact) mass is 287 g/mol. The van der Waals surface area contributed by atoms with E-state index in [4.69, 9.17) is 0 Å². The predicted molar refractivity (Wildman–Crippen MR) is 83.4 cm³/mol. The summed E-state index contributed by atoms with van der Waals surface area (Å²) in [5, 5.41) is 3.00. The van der Waals surface area contributed by atoms with E-state index in [1.807, 2.05) is 18.2 Å². The van der Waals surface area contributed by atoms with Crippen molar-refractivity contribution in [3.63, 3.8) is 0 Å². The Balaban J connectivity index is 1.86. The number of aryl methyl sites for hydroxylation is 2. The van der Waals surface area contributed by atoms with Gasteiger partial charge in [0.05, 0.1) is 11.0 Å². The van der Waals surface area contributed by atoms with Gasteiger partial charge in [0.25, 0.3) is 0 Å². The molecule has 112 valence electrons. The maximum atomic E-state index is 12.3. The molecule has 2 aromatic rings. The normalized spacial score (nSPS) is 16.3. The second kappa shape index (κ2) is 5.39. The lowest BCUT2D eigenvalue weighted by Gasteiger charge is -2.20. The lowest BCUT2D eigenvalue weighted by atomic mass is 9.88. The topological polar surface area (TPSA) is 56.0 Å². The molecule has 5 heteroatoms. The minimum atomic E-state index is -0.0549. The van der Waals surface area contributed by atoms with E-state index in [0.29, 0.717) is 0 Å². The summed E-state index contributed by atoms with van der Waals surface area (Å²) >= 11 is 0. The van der Waals surface area contributed by atoms with Crippen LogP contribution in [0, 0.1) is 5.92 Å². The average molecular weight is 287 g/mol. The molecular formula is C16H21N3O2. The number of benzene rings is 1. The summed E-state index contributed by atoms with van der Waals surface area (Å²) < 4.78 is 3.22. The molecule has 1 aliphatic rings. The van der Waals surface area contributed by atoms with Gasteiger partial charge in [-0.25, -0.2) is 4.79 Å². The third-order valence-corrected chi connectivity index (χ3v) is 4.52. The molecule has 0 aliphatic heterocycles. The minimum Gasteiger partial charge on any atom is -0.326 e. The zero-order chi connectivity index (χ0) is 15.0. The summed E-state index contributed by atoms with van der Waals surface area (Å²) in [5.41, 5.74) is 2.42. The molecule has 0 saturated heterocycles. The number of carbonyl (C=O) groups is 1. The van der Waals surface area contributed by atoms with Gasteiger partial charge in [0.2, 0.25) is 5.91 Å². The van der Waals surface area contributed by atoms with Crippen molar-refractivity contribution >= 4 is 22.6 Å². The average Bonchev–Trinajstić information content (AvgIpc) is 2.73. The first-order valence-corrected chi connectivity index (χ1v) is 7.54. The number of nitrogens with zero attached hydrogens (tertiary/aromatic N) is 2. The third kappa shape index (κ3) is 2.48. The predicted octanol–water partition coefficient (Wildman–Crippen LogP) is 2.40. The highest BCUT2D eigenvalue weighted by Crippen LogP contribution is 2.25. The molecule has 1 N–H and O–H groups in total. The van der Waals surface area contributed by atoms with Gasteiger partial charge in [0, 0.05) is 25.7 Å². The molecule has 0 bridgehead atoms. The van der Waals surface area contributed by atoms with E-state index in [9.17, 15) is 9.59 Å². The third-order valence-electron chi connectivity index (χ3n) is 4.52. The van der Waals surface area contributed by atoms with Crippen LogP contribution in [0.5, 0.6) is 0 Å². The van der Waals surface area contributed by atoms with E-state index in [-0.39, 0.29) is 17.5 Å². The largest absolute Gasteiger partial charge is 0.328 e. The zero-order valence-electron chi connectivity index (χ0n) is 12.6. The van der Waals surface area contributed by atoms with Crippen molar-refractivity contribution in [3.05, 3.63) is 28.7 Å². The van der Waals surface area contributed by atoms with E-state index in [0.717, 1.165) is 42.4 Å². The number of imidazole rings is 1. The smallest absolute Gasteiger partial charge is 0.326 e. The summed E-state index contributed by atoms with van der Waals surface area (Å²) in [5.74, 6) is 0.240. The van der Waals surface area contributed by atoms with Crippen molar-refractivity contribution in [2.24, 2.45) is 20.0 Å². The van der Waals surface area contributed by atoms with Gasteiger partial charge >= 0.3 is 5.69 Å². The Labute approximate surface area is 123 Å². The summed E-state index contributed by atoms with van der Waals surface area (Å²) in [6.07, 6.45) is 5.49. The molecule has 0 atom stereocenters. The van der Waals surface area contributed by atoms with E-state index in [1.165, 1.54) is 6.42 Å². The number of anilines is 1. The highest BCUT2D eigenvalue weighted by Gasteiger charge is 2.21. The maximum absolute atomic E-state index is 12.3. The molecular weight excluding hydrogens is 266 g/mol. The van der Waals surface area contributed by atoms with Gasteiger partial charge in [0.1, 0.15) is 0 Å². The highest BCUT2D eigenvalue weighted by molar-refractivity contribution is 5.94. The van der Waals surface area contributed by atoms with Crippen molar-refractivity contribution in [1.82, 2.24) is 9.13 Å². The molecule has 1 saturated carbocycles. The van der Waals surface area contributed by atoms with Gasteiger partial charge in [-0.05, 0) is 31.0 Å². The zero-order valence-corrected chi connectivity index (χ0v) is 12.6. The van der Waals surface area contributed by atoms with Crippen LogP contribution in [0.4, 0.5) is 5.69 Å². The molecule has 0 unspecified atom stereocenters. The summed E-state index contributed by atoms with van der Waals surface area (Å²) in [4.78, 5) is 24.2. The van der Waals surface area contributed by atoms with E-state index in [1.54, 1.807) is 23.2 Å². The number of nitrogens with one attached hydrogen (secondary N) is 1. The van der Waals surface area contributed by atoms with Gasteiger partial charge in [-0.2, -0.15) is 0 Å². The molecule has 5 nitrogen and oxygen atoms in total. The SMILES string of the molecule is Cn1c(=O)n(C)c2cc(NC(=O)C3CCCCC3)ccc21. The van der Waals surface area contributed by atoms with Gasteiger partial charge < -0.3 is 5.32 Å². The van der Waals surface area contributed by atoms with Crippen LogP contribution >= 0.6 is 0 Å². The fraction of sp³-hybridized carbons (Fsp3) is 0.500. The number of amides is 1. The molecule has 1 fully saturated rings. The Hall–Kier alpha value is -2.04. The summed E-state index contributed by atoms with van der Waals surface area (Å²) in [6, 6.07) is 5.62. The van der Waals surface area contributed by atoms with Gasteiger partial charge in [-0.1, -0.05) is 19.3 Å². The highest BCUT2D eigenvalue weighted by atomic mass is 16.2. The lowest BCUT2D eigenvalue weighted by Crippen LogP contribution is -2.24. The molecule has 0 spiro atoms. The van der Waals surface area contributed by atoms with Crippen LogP contribution in [0.25, 0.3) is 11.0 Å². The summed E-state index contributed by atoms with van der Waals surface area (Å²) in [6.45, 7) is 0. The lowest BCUT2D eigenvalue weighted by molar-refractivity contribution is -0.120. The summed E-state index contributed by atoms with van der Waals surface area (Å²) in [7, 11) is 3.50. The Morgan fingerprint density at radius 2 is 1.76 bits per heavy atom. The molecule has 1 heterocycles. The number of rotatable bonds is 2. The van der Waals surface area contributed by atoms with Crippen molar-refractivity contribution in [2.75, 3.05) is 5.32 Å². The molecule has 1 aromatic carbocycles. The first kappa shape index (κ1) is 13.9. The fourth-order valence-electron chi connectivity index (χ4n) is 3.19. The molecule has 1 aliphatic carbocycles. The van der Waals surface area contributed by atoms with Crippen LogP contribution in [0.15, 0.2) is 23.0 Å². The van der Waals surface area contributed by atoms with Gasteiger partial charge in [-0.15, -0.1) is 0 Å². The van der Waals surface area contributed by atoms with Gasteiger partial charge in [0.15, 0.2) is 0 Å². The van der Waals surface area contributed by atoms with Crippen LogP contribution in [0.1, 0.15) is 32.1 Å². The Kier molecular flexibility index (Phi) is 3.57. The molecule has 3 rings (SSSR count). The van der Waals surface area contributed by atoms with Gasteiger partial charge in [-0.3, -0.25) is 13.9 Å². The number of fused-ring (bicyclic) bond motifs is 1. The first-order chi connectivity index (χ1) is 10.1. The fourth-order valence-corrected chi connectivity index (χ4v) is 3.19. The van der Waals surface area contributed by atoms with Crippen LogP contribution in [-0.4, -0.2) is 15.0 Å². The van der Waals surface area contributed by atoms with Crippen LogP contribution in [0.3, 0.4) is 0 Å². The van der Waals surface area contributed by atoms with E-state index >= 15 is 0 Å². The van der Waals surface area contributed by atoms with Crippen LogP contribution in [0.2, 0.25) is 0 Å². The van der Waals surface area contributed by atoms with Crippen LogP contribution in [-0.2, 0) is 18.9 Å². The quantitative estimate of drug-likeness (QED) is 0.922. The van der Waals surface area contributed by atoms with E-state index in [2.05, 4.69) is 5.32 Å². The van der Waals surface area contributed by atoms with Crippen LogP contribution < -0.4 is 11.0 Å². The Morgan fingerprint density at radius 1 is 1.10 bits per heavy atom. The maximum Gasteiger partial charge on any atom is 0.328 e. The number of aromatic nitrogens is 2. The standard InChI is InChI=1S/C16H21N3O2/c1-18-13-9-8-12(10-14(13)19(2)16(18)21)17-15(20)11-6-4-3-5-7-11/h8-11H,3-7H2,1-2H3,(H,17,20). The van der Waals surface area contributed by atoms with Crippen molar-refractivity contribution < 1.29 is 4.79 Å². The van der Waals surface area contributed by atoms with Crippen molar-refractivity contribution in [1.29, 1.82) is 0 Å². The van der Waals surface area contributed by atoms with Crippen molar-refractivity contribution in [3.8, 4) is 0 Å². The van der Waals surface area contributed by atoms with Crippen molar-refractivity contribution in [2.45, 2.75) is 32.1 Å². The Morgan fingerprint density at radius 3 is 2.48 bits per heavy atom. The molecule has 1 aromatic heterocycles. The number of hydrogen-bond acceptors (Lipinski definition) is 2. The number of carbonyl (C=O) groups excluding carboxylic acids is 1. The second-order valence-corrected chi connectivity index (χ2v) is 5.93. The Bertz CT molecular complexity index is 736. The molecule has 21 heavy (non-hydrogen) atoms. The minimum absolute atomic E-state index is 0.0549. The first-order valence-electron chi connectivity index (χ1n) is 7.54. The second-order valence-electron chi connectivity index (χ2n) is 5.93.